The number of fused-ring (bicyclic) bond motifs is 1. The Morgan fingerprint density at radius 2 is 2.00 bits per heavy atom. The van der Waals surface area contributed by atoms with E-state index in [0.717, 1.165) is 30.4 Å². The van der Waals surface area contributed by atoms with E-state index in [1.165, 1.54) is 5.56 Å². The monoisotopic (exact) mass is 330 g/mol. The number of nitrogens with zero attached hydrogens (tertiary/aromatic N) is 6. The summed E-state index contributed by atoms with van der Waals surface area (Å²) in [6.07, 6.45) is 2.49. The quantitative estimate of drug-likeness (QED) is 0.738. The predicted octanol–water partition coefficient (Wildman–Crippen LogP) is 2.72. The SMILES string of the molecule is C[C@H]1CN(c2ncccc2C#N)Cc2nnc(Cc3ccccc3)n21. The van der Waals surface area contributed by atoms with E-state index < -0.39 is 0 Å². The van der Waals surface area contributed by atoms with Gasteiger partial charge in [-0.2, -0.15) is 5.26 Å². The maximum Gasteiger partial charge on any atom is 0.152 e. The van der Waals surface area contributed by atoms with E-state index in [9.17, 15) is 5.26 Å². The average molecular weight is 330 g/mol. The van der Waals surface area contributed by atoms with E-state index in [1.54, 1.807) is 18.3 Å². The molecule has 0 saturated carbocycles. The predicted molar refractivity (Wildman–Crippen MR) is 94.0 cm³/mol. The fourth-order valence-corrected chi connectivity index (χ4v) is 3.41. The lowest BCUT2D eigenvalue weighted by Gasteiger charge is -2.33. The minimum absolute atomic E-state index is 0.214. The van der Waals surface area contributed by atoms with Crippen molar-refractivity contribution in [1.82, 2.24) is 19.7 Å². The first-order valence-corrected chi connectivity index (χ1v) is 8.33. The van der Waals surface area contributed by atoms with Crippen molar-refractivity contribution in [2.75, 3.05) is 11.4 Å². The lowest BCUT2D eigenvalue weighted by Crippen LogP contribution is -2.37. The third kappa shape index (κ3) is 2.85. The maximum absolute atomic E-state index is 9.33. The van der Waals surface area contributed by atoms with E-state index in [1.807, 2.05) is 18.2 Å². The number of hydrogen-bond donors (Lipinski definition) is 0. The summed E-state index contributed by atoms with van der Waals surface area (Å²) in [5.74, 6) is 2.62. The van der Waals surface area contributed by atoms with E-state index in [4.69, 9.17) is 0 Å². The van der Waals surface area contributed by atoms with Gasteiger partial charge in [0.15, 0.2) is 5.82 Å². The molecule has 0 radical (unpaired) electrons. The summed E-state index contributed by atoms with van der Waals surface area (Å²) in [7, 11) is 0. The topological polar surface area (TPSA) is 70.6 Å². The third-order valence-electron chi connectivity index (χ3n) is 4.51. The van der Waals surface area contributed by atoms with Gasteiger partial charge >= 0.3 is 0 Å². The van der Waals surface area contributed by atoms with Gasteiger partial charge in [-0.15, -0.1) is 10.2 Å². The summed E-state index contributed by atoms with van der Waals surface area (Å²) in [6, 6.07) is 16.3. The summed E-state index contributed by atoms with van der Waals surface area (Å²) >= 11 is 0. The fraction of sp³-hybridized carbons (Fsp3) is 0.263. The molecule has 0 aliphatic carbocycles. The Kier molecular flexibility index (Phi) is 3.90. The first-order chi connectivity index (χ1) is 12.3. The molecule has 0 bridgehead atoms. The second-order valence-corrected chi connectivity index (χ2v) is 6.28. The molecule has 3 heterocycles. The lowest BCUT2D eigenvalue weighted by molar-refractivity contribution is 0.449. The first kappa shape index (κ1) is 15.3. The molecule has 4 rings (SSSR count). The van der Waals surface area contributed by atoms with Gasteiger partial charge in [-0.3, -0.25) is 0 Å². The van der Waals surface area contributed by atoms with Crippen LogP contribution in [0.15, 0.2) is 48.7 Å². The molecular formula is C19H18N6. The fourth-order valence-electron chi connectivity index (χ4n) is 3.41. The molecule has 1 aromatic carbocycles. The Hall–Kier alpha value is -3.20. The van der Waals surface area contributed by atoms with Crippen molar-refractivity contribution < 1.29 is 0 Å². The van der Waals surface area contributed by atoms with Crippen molar-refractivity contribution >= 4 is 5.82 Å². The number of hydrogen-bond acceptors (Lipinski definition) is 5. The largest absolute Gasteiger partial charge is 0.346 e. The average Bonchev–Trinajstić information content (AvgIpc) is 3.06. The van der Waals surface area contributed by atoms with Gasteiger partial charge in [-0.1, -0.05) is 30.3 Å². The van der Waals surface area contributed by atoms with Gasteiger partial charge in [-0.25, -0.2) is 4.98 Å². The molecule has 1 aliphatic heterocycles. The van der Waals surface area contributed by atoms with Gasteiger partial charge in [0.1, 0.15) is 17.7 Å². The number of rotatable bonds is 3. The van der Waals surface area contributed by atoms with Crippen LogP contribution in [0.3, 0.4) is 0 Å². The molecule has 124 valence electrons. The number of aromatic nitrogens is 4. The van der Waals surface area contributed by atoms with Crippen LogP contribution in [0.1, 0.15) is 35.7 Å². The highest BCUT2D eigenvalue weighted by Gasteiger charge is 2.28. The van der Waals surface area contributed by atoms with Gasteiger partial charge in [0.05, 0.1) is 18.2 Å². The Bertz CT molecular complexity index is 925. The summed E-state index contributed by atoms with van der Waals surface area (Å²) < 4.78 is 2.22. The van der Waals surface area contributed by atoms with Gasteiger partial charge in [-0.05, 0) is 24.6 Å². The minimum Gasteiger partial charge on any atom is -0.346 e. The van der Waals surface area contributed by atoms with Crippen LogP contribution in [0, 0.1) is 11.3 Å². The van der Waals surface area contributed by atoms with Crippen LogP contribution in [0.4, 0.5) is 5.82 Å². The highest BCUT2D eigenvalue weighted by Crippen LogP contribution is 2.27. The summed E-state index contributed by atoms with van der Waals surface area (Å²) in [5, 5.41) is 18.1. The van der Waals surface area contributed by atoms with Gasteiger partial charge in [0, 0.05) is 19.2 Å². The highest BCUT2D eigenvalue weighted by atomic mass is 15.4. The molecule has 0 spiro atoms. The molecule has 6 heteroatoms. The summed E-state index contributed by atoms with van der Waals surface area (Å²) in [5.41, 5.74) is 1.82. The van der Waals surface area contributed by atoms with Gasteiger partial charge in [0.2, 0.25) is 0 Å². The van der Waals surface area contributed by atoms with Crippen LogP contribution in [0.5, 0.6) is 0 Å². The first-order valence-electron chi connectivity index (χ1n) is 8.33. The number of nitriles is 1. The second kappa shape index (κ2) is 6.36. The van der Waals surface area contributed by atoms with Gasteiger partial charge < -0.3 is 9.47 Å². The Labute approximate surface area is 146 Å². The Morgan fingerprint density at radius 3 is 2.80 bits per heavy atom. The van der Waals surface area contributed by atoms with Crippen molar-refractivity contribution in [3.63, 3.8) is 0 Å². The van der Waals surface area contributed by atoms with Crippen molar-refractivity contribution in [2.24, 2.45) is 0 Å². The van der Waals surface area contributed by atoms with E-state index in [-0.39, 0.29) is 6.04 Å². The molecule has 0 fully saturated rings. The molecule has 1 atom stereocenters. The molecule has 2 aromatic heterocycles. The third-order valence-corrected chi connectivity index (χ3v) is 4.51. The standard InChI is InChI=1S/C19H18N6/c1-14-12-24(19-16(11-20)8-5-9-21-19)13-18-23-22-17(25(14)18)10-15-6-3-2-4-7-15/h2-9,14H,10,12-13H2,1H3/t14-/m0/s1. The Balaban J connectivity index is 1.64. The zero-order chi connectivity index (χ0) is 17.2. The van der Waals surface area contributed by atoms with Crippen molar-refractivity contribution in [2.45, 2.75) is 25.9 Å². The van der Waals surface area contributed by atoms with Crippen molar-refractivity contribution in [1.29, 1.82) is 5.26 Å². The highest BCUT2D eigenvalue weighted by molar-refractivity contribution is 5.54. The molecule has 0 saturated heterocycles. The Morgan fingerprint density at radius 1 is 1.16 bits per heavy atom. The van der Waals surface area contributed by atoms with Crippen LogP contribution < -0.4 is 4.90 Å². The number of pyridine rings is 1. The van der Waals surface area contributed by atoms with E-state index in [0.29, 0.717) is 12.1 Å². The van der Waals surface area contributed by atoms with E-state index >= 15 is 0 Å². The van der Waals surface area contributed by atoms with Crippen molar-refractivity contribution in [3.05, 3.63) is 71.4 Å². The zero-order valence-electron chi connectivity index (χ0n) is 14.0. The van der Waals surface area contributed by atoms with E-state index in [2.05, 4.69) is 49.8 Å². The molecular weight excluding hydrogens is 312 g/mol. The van der Waals surface area contributed by atoms with Crippen LogP contribution >= 0.6 is 0 Å². The smallest absolute Gasteiger partial charge is 0.152 e. The van der Waals surface area contributed by atoms with Crippen molar-refractivity contribution in [3.8, 4) is 6.07 Å². The molecule has 0 amide bonds. The molecule has 25 heavy (non-hydrogen) atoms. The number of benzene rings is 1. The van der Waals surface area contributed by atoms with Gasteiger partial charge in [0.25, 0.3) is 0 Å². The zero-order valence-corrected chi connectivity index (χ0v) is 14.0. The second-order valence-electron chi connectivity index (χ2n) is 6.28. The molecule has 3 aromatic rings. The normalized spacial score (nSPS) is 16.3. The summed E-state index contributed by atoms with van der Waals surface area (Å²) in [4.78, 5) is 6.51. The van der Waals surface area contributed by atoms with Crippen LogP contribution in [-0.2, 0) is 13.0 Å². The lowest BCUT2D eigenvalue weighted by atomic mass is 10.1. The molecule has 0 N–H and O–H groups in total. The summed E-state index contributed by atoms with van der Waals surface area (Å²) in [6.45, 7) is 3.54. The number of anilines is 1. The minimum atomic E-state index is 0.214. The van der Waals surface area contributed by atoms with Crippen LogP contribution in [0.25, 0.3) is 0 Å². The molecule has 6 nitrogen and oxygen atoms in total. The van der Waals surface area contributed by atoms with Crippen LogP contribution in [-0.4, -0.2) is 26.3 Å². The van der Waals surface area contributed by atoms with Crippen LogP contribution in [0.2, 0.25) is 0 Å². The molecule has 1 aliphatic rings. The maximum atomic E-state index is 9.33. The molecule has 0 unspecified atom stereocenters.